The van der Waals surface area contributed by atoms with Crippen molar-refractivity contribution in [1.82, 2.24) is 0 Å². The standard InChI is InChI=1S/Li.Mn.3O.Ti/q+1;+2;3*-2;+4. The van der Waals surface area contributed by atoms with Crippen LogP contribution >= 0.6 is 0 Å². The summed E-state index contributed by atoms with van der Waals surface area (Å²) in [6.07, 6.45) is 0. The van der Waals surface area contributed by atoms with Crippen molar-refractivity contribution in [1.29, 1.82) is 0 Å². The summed E-state index contributed by atoms with van der Waals surface area (Å²) in [5.41, 5.74) is 0. The Hall–Kier alpha value is 1.71. The maximum Gasteiger partial charge on any atom is 4.00 e. The third kappa shape index (κ3) is 43.3. The second-order valence-corrected chi connectivity index (χ2v) is 0. The van der Waals surface area contributed by atoms with Crippen molar-refractivity contribution in [2.75, 3.05) is 0 Å². The molecule has 0 unspecified atom stereocenters. The molecule has 0 aliphatic rings. The smallest absolute Gasteiger partial charge is 2.00 e. The molecule has 1 radical (unpaired) electrons. The molecule has 0 saturated carbocycles. The molecule has 6 heavy (non-hydrogen) atoms. The first-order valence-corrected chi connectivity index (χ1v) is 0. The third-order valence-corrected chi connectivity index (χ3v) is 0. The minimum absolute atomic E-state index is 0. The Morgan fingerprint density at radius 2 is 0.667 bits per heavy atom. The predicted molar refractivity (Wildman–Crippen MR) is 2.06 cm³/mol. The van der Waals surface area contributed by atoms with Crippen LogP contribution in [0.4, 0.5) is 0 Å². The van der Waals surface area contributed by atoms with Crippen molar-refractivity contribution in [3.8, 4) is 0 Å². The first kappa shape index (κ1) is 119. The fourth-order valence-corrected chi connectivity index (χ4v) is 0. The van der Waals surface area contributed by atoms with Gasteiger partial charge in [0.15, 0.2) is 0 Å². The molecule has 0 aliphatic heterocycles. The summed E-state index contributed by atoms with van der Waals surface area (Å²) in [7, 11) is 0. The van der Waals surface area contributed by atoms with Crippen LogP contribution in [0.5, 0.6) is 0 Å². The summed E-state index contributed by atoms with van der Waals surface area (Å²) in [6, 6.07) is 0. The average Bonchev–Trinajstić information content (AvgIpc) is 0. The summed E-state index contributed by atoms with van der Waals surface area (Å²) in [6.45, 7) is 0. The van der Waals surface area contributed by atoms with E-state index in [9.17, 15) is 0 Å². The summed E-state index contributed by atoms with van der Waals surface area (Å²) in [4.78, 5) is 0. The van der Waals surface area contributed by atoms with E-state index < -0.39 is 0 Å². The second kappa shape index (κ2) is 74.8. The molecule has 0 N–H and O–H groups in total. The van der Waals surface area contributed by atoms with E-state index in [4.69, 9.17) is 0 Å². The fourth-order valence-electron chi connectivity index (χ4n) is 0. The van der Waals surface area contributed by atoms with Gasteiger partial charge in [-0.3, -0.25) is 0 Å². The van der Waals surface area contributed by atoms with Crippen LogP contribution in [0.3, 0.4) is 0 Å². The van der Waals surface area contributed by atoms with Gasteiger partial charge in [0.1, 0.15) is 0 Å². The Bertz CT molecular complexity index is 10.8. The molecule has 0 atom stereocenters. The van der Waals surface area contributed by atoms with Gasteiger partial charge in [-0.1, -0.05) is 0 Å². The third-order valence-electron chi connectivity index (χ3n) is 0. The van der Waals surface area contributed by atoms with Crippen LogP contribution in [0.25, 0.3) is 0 Å². The zero-order chi connectivity index (χ0) is 0. The summed E-state index contributed by atoms with van der Waals surface area (Å²) < 4.78 is 0. The van der Waals surface area contributed by atoms with Gasteiger partial charge in [-0.05, 0) is 0 Å². The number of hydrogen-bond acceptors (Lipinski definition) is 0. The van der Waals surface area contributed by atoms with E-state index in [0.29, 0.717) is 0 Å². The molecule has 0 aromatic carbocycles. The van der Waals surface area contributed by atoms with Crippen LogP contribution in [0.2, 0.25) is 0 Å². The minimum Gasteiger partial charge on any atom is -2.00 e. The van der Waals surface area contributed by atoms with E-state index in [1.165, 1.54) is 0 Å². The SMILES string of the molecule is [Li+].[Mn+2].[O-2].[O-2].[O-2].[Ti+4]. The molecule has 0 rings (SSSR count). The van der Waals surface area contributed by atoms with Crippen molar-refractivity contribution < 1.29 is 74.1 Å². The zero-order valence-corrected chi connectivity index (χ0v) is 5.84. The molecule has 0 fully saturated rings. The van der Waals surface area contributed by atoms with E-state index in [2.05, 4.69) is 0 Å². The first-order chi connectivity index (χ1) is 0. The molecule has 29 valence electrons. The maximum atomic E-state index is 0. The number of rotatable bonds is 0. The van der Waals surface area contributed by atoms with Gasteiger partial charge in [0.05, 0.1) is 0 Å². The van der Waals surface area contributed by atoms with Crippen molar-refractivity contribution >= 4 is 0 Å². The van der Waals surface area contributed by atoms with Gasteiger partial charge >= 0.3 is 57.6 Å². The molecule has 0 spiro atoms. The number of hydrogen-bond donors (Lipinski definition) is 0. The molecule has 0 aromatic heterocycles. The van der Waals surface area contributed by atoms with Gasteiger partial charge in [-0.2, -0.15) is 0 Å². The minimum atomic E-state index is 0. The van der Waals surface area contributed by atoms with E-state index in [0.717, 1.165) is 0 Å². The van der Waals surface area contributed by atoms with Gasteiger partial charge in [-0.15, -0.1) is 0 Å². The zero-order valence-electron chi connectivity index (χ0n) is 3.10. The van der Waals surface area contributed by atoms with Crippen LogP contribution < -0.4 is 18.9 Å². The summed E-state index contributed by atoms with van der Waals surface area (Å²) in [5, 5.41) is 0. The molecule has 0 aromatic rings. The Kier molecular flexibility index (Phi) is 1480. The predicted octanol–water partition coefficient (Wildman–Crippen LogP) is -3.36. The molecule has 0 amide bonds. The normalized spacial score (nSPS) is 0. The van der Waals surface area contributed by atoms with E-state index in [-0.39, 0.29) is 74.1 Å². The van der Waals surface area contributed by atoms with Gasteiger partial charge in [-0.25, -0.2) is 0 Å². The van der Waals surface area contributed by atoms with E-state index in [1.807, 2.05) is 0 Å². The van der Waals surface area contributed by atoms with Crippen molar-refractivity contribution in [2.24, 2.45) is 0 Å². The molecule has 0 bridgehead atoms. The largest absolute Gasteiger partial charge is 4.00 e. The van der Waals surface area contributed by atoms with Crippen LogP contribution in [-0.2, 0) is 55.2 Å². The Morgan fingerprint density at radius 3 is 0.667 bits per heavy atom. The maximum absolute atomic E-state index is 0. The molecular weight excluding hydrogens is 158 g/mol. The van der Waals surface area contributed by atoms with Crippen LogP contribution in [0.1, 0.15) is 0 Å². The van der Waals surface area contributed by atoms with Crippen LogP contribution in [0.15, 0.2) is 0 Å². The quantitative estimate of drug-likeness (QED) is 0.329. The molecule has 0 aliphatic carbocycles. The first-order valence-electron chi connectivity index (χ1n) is 0. The average molecular weight is 158 g/mol. The fraction of sp³-hybridized carbons (Fsp3) is 0. The summed E-state index contributed by atoms with van der Waals surface area (Å²) >= 11 is 0. The Balaban J connectivity index is 0. The Morgan fingerprint density at radius 1 is 0.667 bits per heavy atom. The molecule has 0 saturated heterocycles. The van der Waals surface area contributed by atoms with Gasteiger partial charge in [0.2, 0.25) is 0 Å². The summed E-state index contributed by atoms with van der Waals surface area (Å²) in [5.74, 6) is 0. The molecular formula is LiMnO3Ti+. The van der Waals surface area contributed by atoms with E-state index >= 15 is 0 Å². The monoisotopic (exact) mass is 158 g/mol. The second-order valence-electron chi connectivity index (χ2n) is 0. The van der Waals surface area contributed by atoms with Crippen molar-refractivity contribution in [3.63, 3.8) is 0 Å². The topological polar surface area (TPSA) is 85.5 Å². The van der Waals surface area contributed by atoms with Crippen molar-refractivity contribution in [2.45, 2.75) is 0 Å². The van der Waals surface area contributed by atoms with Crippen molar-refractivity contribution in [3.05, 3.63) is 0 Å². The van der Waals surface area contributed by atoms with Gasteiger partial charge < -0.3 is 16.4 Å². The van der Waals surface area contributed by atoms with Gasteiger partial charge in [0, 0.05) is 0 Å². The Labute approximate surface area is 73.7 Å². The molecule has 3 nitrogen and oxygen atoms in total. The molecule has 6 heteroatoms. The van der Waals surface area contributed by atoms with Gasteiger partial charge in [0.25, 0.3) is 0 Å². The van der Waals surface area contributed by atoms with Crippen LogP contribution in [0, 0.1) is 0 Å². The van der Waals surface area contributed by atoms with Crippen LogP contribution in [-0.4, -0.2) is 0 Å². The molecule has 0 heterocycles. The van der Waals surface area contributed by atoms with E-state index in [1.54, 1.807) is 0 Å².